The van der Waals surface area contributed by atoms with E-state index >= 15 is 0 Å². The molecule has 1 N–H and O–H groups in total. The van der Waals surface area contributed by atoms with Gasteiger partial charge in [0.25, 0.3) is 0 Å². The quantitative estimate of drug-likeness (QED) is 0.484. The number of fused-ring (bicyclic) bond motifs is 2. The summed E-state index contributed by atoms with van der Waals surface area (Å²) in [6.07, 6.45) is 14.8. The van der Waals surface area contributed by atoms with Crippen LogP contribution < -0.4 is 0 Å². The van der Waals surface area contributed by atoms with E-state index in [2.05, 4.69) is 40.7 Å². The first-order valence-corrected chi connectivity index (χ1v) is 14.0. The van der Waals surface area contributed by atoms with E-state index in [1.807, 2.05) is 6.92 Å². The van der Waals surface area contributed by atoms with Crippen LogP contribution in [0.3, 0.4) is 0 Å². The molecule has 0 unspecified atom stereocenters. The smallest absolute Gasteiger partial charge is 0.334 e. The molecule has 0 saturated heterocycles. The summed E-state index contributed by atoms with van der Waals surface area (Å²) >= 11 is 0. The molecule has 1 heterocycles. The number of carbonyl (C=O) groups is 1. The van der Waals surface area contributed by atoms with Crippen LogP contribution in [-0.2, 0) is 9.53 Å². The first-order chi connectivity index (χ1) is 15.4. The number of hydrogen-bond donors (Lipinski definition) is 1. The standard InChI is InChI=1S/C30H46O3/c1-18(15-20-16-19(2)25(32)33-20)21-9-11-28(6)23-8-7-22-26(3,4)24(31)10-12-29(22)17-30(23,29)14-13-27(21,28)5/h16,18,20-24,31H,7-15,17H2,1-6H3/t18-,20-,21-,22-,23-,24-,27-,28+,29-,30+/m1/s1. The van der Waals surface area contributed by atoms with Crippen LogP contribution in [-0.4, -0.2) is 23.3 Å². The Morgan fingerprint density at radius 1 is 0.970 bits per heavy atom. The first kappa shape index (κ1) is 22.6. The molecule has 1 aliphatic heterocycles. The number of carbonyl (C=O) groups excluding carboxylic acids is 1. The average molecular weight is 455 g/mol. The van der Waals surface area contributed by atoms with E-state index in [-0.39, 0.29) is 23.6 Å². The zero-order valence-corrected chi connectivity index (χ0v) is 21.9. The van der Waals surface area contributed by atoms with Gasteiger partial charge in [0.1, 0.15) is 6.10 Å². The van der Waals surface area contributed by atoms with Crippen molar-refractivity contribution in [3.8, 4) is 0 Å². The van der Waals surface area contributed by atoms with Gasteiger partial charge in [-0.25, -0.2) is 4.79 Å². The minimum atomic E-state index is -0.120. The molecular weight excluding hydrogens is 408 g/mol. The van der Waals surface area contributed by atoms with Crippen LogP contribution in [0.2, 0.25) is 0 Å². The van der Waals surface area contributed by atoms with Crippen LogP contribution in [0.1, 0.15) is 106 Å². The minimum Gasteiger partial charge on any atom is -0.455 e. The SMILES string of the molecule is CC1=C[C@@H](C[C@@H](C)[C@H]2CC[C@@]3(C)[C@H]4CC[C@@H]5C(C)(C)[C@H](O)CC[C@@]56C[C@@]46CC[C@]23C)OC1=O. The molecule has 0 aromatic heterocycles. The summed E-state index contributed by atoms with van der Waals surface area (Å²) in [7, 11) is 0. The molecule has 5 saturated carbocycles. The van der Waals surface area contributed by atoms with Gasteiger partial charge >= 0.3 is 5.97 Å². The van der Waals surface area contributed by atoms with E-state index in [0.29, 0.717) is 33.5 Å². The number of hydrogen-bond acceptors (Lipinski definition) is 3. The molecule has 3 nitrogen and oxygen atoms in total. The largest absolute Gasteiger partial charge is 0.455 e. The van der Waals surface area contributed by atoms with E-state index < -0.39 is 0 Å². The highest BCUT2D eigenvalue weighted by molar-refractivity contribution is 5.90. The lowest BCUT2D eigenvalue weighted by atomic mass is 9.41. The van der Waals surface area contributed by atoms with Gasteiger partial charge in [0.15, 0.2) is 0 Å². The zero-order valence-electron chi connectivity index (χ0n) is 21.9. The molecule has 33 heavy (non-hydrogen) atoms. The summed E-state index contributed by atoms with van der Waals surface area (Å²) in [6.45, 7) is 14.4. The molecule has 0 aromatic carbocycles. The average Bonchev–Trinajstić information content (AvgIpc) is 3.19. The predicted molar refractivity (Wildman–Crippen MR) is 130 cm³/mol. The molecule has 5 fully saturated rings. The minimum absolute atomic E-state index is 0.0177. The Kier molecular flexibility index (Phi) is 4.58. The molecule has 0 radical (unpaired) electrons. The molecule has 3 heteroatoms. The number of ether oxygens (including phenoxy) is 1. The van der Waals surface area contributed by atoms with Crippen LogP contribution in [0, 0.1) is 50.7 Å². The molecule has 0 bridgehead atoms. The van der Waals surface area contributed by atoms with Crippen molar-refractivity contribution in [2.45, 2.75) is 118 Å². The molecule has 2 spiro atoms. The van der Waals surface area contributed by atoms with Gasteiger partial charge in [0.05, 0.1) is 6.10 Å². The third-order valence-electron chi connectivity index (χ3n) is 13.5. The summed E-state index contributed by atoms with van der Waals surface area (Å²) in [6, 6.07) is 0. The highest BCUT2D eigenvalue weighted by Gasteiger charge is 2.82. The van der Waals surface area contributed by atoms with Crippen molar-refractivity contribution < 1.29 is 14.6 Å². The third kappa shape index (κ3) is 2.59. The highest BCUT2D eigenvalue weighted by atomic mass is 16.5. The van der Waals surface area contributed by atoms with Gasteiger partial charge in [-0.05, 0) is 128 Å². The Morgan fingerprint density at radius 3 is 2.36 bits per heavy atom. The maximum absolute atomic E-state index is 11.9. The lowest BCUT2D eigenvalue weighted by Gasteiger charge is -2.63. The molecular formula is C30H46O3. The second-order valence-corrected chi connectivity index (χ2v) is 14.5. The van der Waals surface area contributed by atoms with Crippen LogP contribution in [0.15, 0.2) is 11.6 Å². The summed E-state index contributed by atoms with van der Waals surface area (Å²) in [4.78, 5) is 11.9. The van der Waals surface area contributed by atoms with Crippen molar-refractivity contribution in [3.63, 3.8) is 0 Å². The second kappa shape index (κ2) is 6.68. The maximum Gasteiger partial charge on any atom is 0.334 e. The van der Waals surface area contributed by atoms with Crippen molar-refractivity contribution in [2.24, 2.45) is 50.7 Å². The van der Waals surface area contributed by atoms with E-state index in [9.17, 15) is 9.90 Å². The second-order valence-electron chi connectivity index (χ2n) is 14.5. The normalized spacial score (nSPS) is 54.9. The first-order valence-electron chi connectivity index (χ1n) is 14.0. The molecule has 0 aromatic rings. The van der Waals surface area contributed by atoms with Crippen LogP contribution >= 0.6 is 0 Å². The maximum atomic E-state index is 11.9. The van der Waals surface area contributed by atoms with Crippen molar-refractivity contribution in [3.05, 3.63) is 11.6 Å². The van der Waals surface area contributed by atoms with Crippen molar-refractivity contribution in [1.82, 2.24) is 0 Å². The molecule has 10 atom stereocenters. The van der Waals surface area contributed by atoms with E-state index in [4.69, 9.17) is 4.74 Å². The Bertz CT molecular complexity index is 904. The van der Waals surface area contributed by atoms with Gasteiger partial charge in [0.2, 0.25) is 0 Å². The zero-order chi connectivity index (χ0) is 23.6. The van der Waals surface area contributed by atoms with Gasteiger partial charge in [0, 0.05) is 5.57 Å². The Hall–Kier alpha value is -0.830. The Balaban J connectivity index is 1.26. The van der Waals surface area contributed by atoms with Gasteiger partial charge in [-0.3, -0.25) is 0 Å². The molecule has 184 valence electrons. The van der Waals surface area contributed by atoms with Gasteiger partial charge in [-0.2, -0.15) is 0 Å². The van der Waals surface area contributed by atoms with E-state index in [0.717, 1.165) is 30.3 Å². The van der Waals surface area contributed by atoms with Crippen molar-refractivity contribution in [2.75, 3.05) is 0 Å². The lowest BCUT2D eigenvalue weighted by Crippen LogP contribution is -2.57. The van der Waals surface area contributed by atoms with Gasteiger partial charge in [-0.1, -0.05) is 34.6 Å². The van der Waals surface area contributed by atoms with Crippen LogP contribution in [0.25, 0.3) is 0 Å². The number of cyclic esters (lactones) is 1. The number of rotatable bonds is 3. The summed E-state index contributed by atoms with van der Waals surface area (Å²) in [5, 5.41) is 10.9. The number of aliphatic hydroxyl groups is 1. The van der Waals surface area contributed by atoms with Crippen LogP contribution in [0.5, 0.6) is 0 Å². The monoisotopic (exact) mass is 454 g/mol. The Labute approximate surface area is 201 Å². The van der Waals surface area contributed by atoms with Crippen molar-refractivity contribution in [1.29, 1.82) is 0 Å². The van der Waals surface area contributed by atoms with E-state index in [1.54, 1.807) is 0 Å². The summed E-state index contributed by atoms with van der Waals surface area (Å²) in [5.41, 5.74) is 2.76. The summed E-state index contributed by atoms with van der Waals surface area (Å²) in [5.74, 6) is 2.76. The highest BCUT2D eigenvalue weighted by Crippen LogP contribution is 2.89. The lowest BCUT2D eigenvalue weighted by molar-refractivity contribution is -0.162. The molecule has 0 amide bonds. The summed E-state index contributed by atoms with van der Waals surface area (Å²) < 4.78 is 5.64. The fourth-order valence-electron chi connectivity index (χ4n) is 11.6. The topological polar surface area (TPSA) is 46.5 Å². The molecule has 5 aliphatic carbocycles. The predicted octanol–water partition coefficient (Wildman–Crippen LogP) is 6.68. The third-order valence-corrected chi connectivity index (χ3v) is 13.5. The van der Waals surface area contributed by atoms with Crippen LogP contribution in [0.4, 0.5) is 0 Å². The number of aliphatic hydroxyl groups excluding tert-OH is 1. The fourth-order valence-corrected chi connectivity index (χ4v) is 11.6. The van der Waals surface area contributed by atoms with Gasteiger partial charge in [-0.15, -0.1) is 0 Å². The molecule has 6 rings (SSSR count). The number of esters is 1. The molecule has 6 aliphatic rings. The Morgan fingerprint density at radius 2 is 1.67 bits per heavy atom. The van der Waals surface area contributed by atoms with E-state index in [1.165, 1.54) is 51.4 Å². The van der Waals surface area contributed by atoms with Crippen molar-refractivity contribution >= 4 is 5.97 Å². The van der Waals surface area contributed by atoms with Gasteiger partial charge < -0.3 is 9.84 Å². The fraction of sp³-hybridized carbons (Fsp3) is 0.900.